The Hall–Kier alpha value is -2.53. The summed E-state index contributed by atoms with van der Waals surface area (Å²) in [6.07, 6.45) is 0. The van der Waals surface area contributed by atoms with Crippen LogP contribution in [0, 0.1) is 33.1 Å². The summed E-state index contributed by atoms with van der Waals surface area (Å²) in [5.41, 5.74) is -0.375. The van der Waals surface area contributed by atoms with Crippen LogP contribution in [0.5, 0.6) is 11.5 Å². The number of nitrogens with zero attached hydrogens (tertiary/aromatic N) is 2. The molecule has 5 nitrogen and oxygen atoms in total. The number of nitro groups is 1. The van der Waals surface area contributed by atoms with Gasteiger partial charge in [0.15, 0.2) is 11.6 Å². The Kier molecular flexibility index (Phi) is 4.14. The van der Waals surface area contributed by atoms with Crippen molar-refractivity contribution in [3.63, 3.8) is 0 Å². The van der Waals surface area contributed by atoms with Gasteiger partial charge in [-0.15, -0.1) is 0 Å². The Balaban J connectivity index is 2.53. The molecule has 21 heavy (non-hydrogen) atoms. The normalized spacial score (nSPS) is 10.0. The summed E-state index contributed by atoms with van der Waals surface area (Å²) in [4.78, 5) is 10.1. The molecule has 0 saturated carbocycles. The van der Waals surface area contributed by atoms with Gasteiger partial charge in [0, 0.05) is 16.6 Å². The quantitative estimate of drug-likeness (QED) is 0.467. The van der Waals surface area contributed by atoms with Crippen molar-refractivity contribution in [2.75, 3.05) is 0 Å². The SMILES string of the molecule is N#Cc1ccc([N+](=O)[O-])c(Oc2cc(Br)cc(F)c2F)c1. The molecule has 0 saturated heterocycles. The summed E-state index contributed by atoms with van der Waals surface area (Å²) in [7, 11) is 0. The maximum atomic E-state index is 13.6. The Morgan fingerprint density at radius 3 is 2.57 bits per heavy atom. The van der Waals surface area contributed by atoms with E-state index in [9.17, 15) is 18.9 Å². The lowest BCUT2D eigenvalue weighted by Gasteiger charge is -2.08. The van der Waals surface area contributed by atoms with Crippen LogP contribution in [-0.4, -0.2) is 4.92 Å². The predicted octanol–water partition coefficient (Wildman–Crippen LogP) is 4.30. The molecule has 0 aliphatic heterocycles. The second kappa shape index (κ2) is 5.85. The number of halogens is 3. The Morgan fingerprint density at radius 2 is 1.95 bits per heavy atom. The van der Waals surface area contributed by atoms with E-state index in [1.165, 1.54) is 6.07 Å². The molecule has 0 unspecified atom stereocenters. The molecule has 0 aromatic heterocycles. The van der Waals surface area contributed by atoms with E-state index in [0.29, 0.717) is 0 Å². The van der Waals surface area contributed by atoms with Crippen LogP contribution in [0.3, 0.4) is 0 Å². The molecule has 0 heterocycles. The van der Waals surface area contributed by atoms with Gasteiger partial charge in [-0.05, 0) is 18.2 Å². The smallest absolute Gasteiger partial charge is 0.311 e. The van der Waals surface area contributed by atoms with Gasteiger partial charge in [-0.1, -0.05) is 15.9 Å². The topological polar surface area (TPSA) is 76.2 Å². The molecule has 106 valence electrons. The Morgan fingerprint density at radius 1 is 1.24 bits per heavy atom. The summed E-state index contributed by atoms with van der Waals surface area (Å²) < 4.78 is 32.2. The number of hydrogen-bond donors (Lipinski definition) is 0. The number of nitro benzene ring substituents is 1. The monoisotopic (exact) mass is 354 g/mol. The van der Waals surface area contributed by atoms with Crippen LogP contribution in [0.15, 0.2) is 34.8 Å². The van der Waals surface area contributed by atoms with Crippen LogP contribution in [0.25, 0.3) is 0 Å². The van der Waals surface area contributed by atoms with Gasteiger partial charge in [0.2, 0.25) is 11.6 Å². The number of hydrogen-bond acceptors (Lipinski definition) is 4. The molecular weight excluding hydrogens is 350 g/mol. The molecule has 0 fully saturated rings. The van der Waals surface area contributed by atoms with Crippen molar-refractivity contribution in [2.45, 2.75) is 0 Å². The van der Waals surface area contributed by atoms with Crippen molar-refractivity contribution in [3.8, 4) is 17.6 Å². The second-order valence-electron chi connectivity index (χ2n) is 3.85. The van der Waals surface area contributed by atoms with Gasteiger partial charge in [0.05, 0.1) is 16.6 Å². The van der Waals surface area contributed by atoms with Gasteiger partial charge in [-0.2, -0.15) is 9.65 Å². The summed E-state index contributed by atoms with van der Waals surface area (Å²) >= 11 is 2.96. The molecule has 2 aromatic carbocycles. The summed E-state index contributed by atoms with van der Waals surface area (Å²) in [6, 6.07) is 7.15. The third kappa shape index (κ3) is 3.14. The molecule has 0 radical (unpaired) electrons. The predicted molar refractivity (Wildman–Crippen MR) is 71.9 cm³/mol. The van der Waals surface area contributed by atoms with Crippen molar-refractivity contribution in [1.82, 2.24) is 0 Å². The van der Waals surface area contributed by atoms with E-state index in [4.69, 9.17) is 10.00 Å². The Labute approximate surface area is 125 Å². The van der Waals surface area contributed by atoms with Crippen LogP contribution < -0.4 is 4.74 Å². The molecule has 0 atom stereocenters. The molecule has 0 spiro atoms. The van der Waals surface area contributed by atoms with Gasteiger partial charge >= 0.3 is 5.69 Å². The van der Waals surface area contributed by atoms with E-state index in [-0.39, 0.29) is 15.8 Å². The van der Waals surface area contributed by atoms with Crippen molar-refractivity contribution >= 4 is 21.6 Å². The van der Waals surface area contributed by atoms with Crippen molar-refractivity contribution in [1.29, 1.82) is 5.26 Å². The highest BCUT2D eigenvalue weighted by molar-refractivity contribution is 9.10. The van der Waals surface area contributed by atoms with Gasteiger partial charge in [-0.3, -0.25) is 10.1 Å². The van der Waals surface area contributed by atoms with Gasteiger partial charge in [-0.25, -0.2) is 4.39 Å². The first-order chi connectivity index (χ1) is 9.92. The highest BCUT2D eigenvalue weighted by Gasteiger charge is 2.19. The summed E-state index contributed by atoms with van der Waals surface area (Å²) in [5, 5.41) is 19.7. The summed E-state index contributed by atoms with van der Waals surface area (Å²) in [6.45, 7) is 0. The minimum absolute atomic E-state index is 0.0893. The van der Waals surface area contributed by atoms with E-state index < -0.39 is 28.0 Å². The lowest BCUT2D eigenvalue weighted by molar-refractivity contribution is -0.385. The number of rotatable bonds is 3. The fourth-order valence-corrected chi connectivity index (χ4v) is 1.95. The fourth-order valence-electron chi connectivity index (χ4n) is 1.54. The number of ether oxygens (including phenoxy) is 1. The molecule has 0 amide bonds. The molecule has 0 aliphatic carbocycles. The minimum atomic E-state index is -1.28. The van der Waals surface area contributed by atoms with Crippen molar-refractivity contribution < 1.29 is 18.4 Å². The minimum Gasteiger partial charge on any atom is -0.447 e. The zero-order valence-corrected chi connectivity index (χ0v) is 11.7. The largest absolute Gasteiger partial charge is 0.447 e. The molecule has 0 bridgehead atoms. The van der Waals surface area contributed by atoms with Crippen LogP contribution in [0.1, 0.15) is 5.56 Å². The first kappa shape index (κ1) is 14.9. The van der Waals surface area contributed by atoms with E-state index in [2.05, 4.69) is 15.9 Å². The lowest BCUT2D eigenvalue weighted by Crippen LogP contribution is -1.97. The third-order valence-corrected chi connectivity index (χ3v) is 2.92. The van der Waals surface area contributed by atoms with Crippen LogP contribution >= 0.6 is 15.9 Å². The van der Waals surface area contributed by atoms with E-state index in [1.54, 1.807) is 6.07 Å². The molecule has 0 N–H and O–H groups in total. The number of nitriles is 1. The number of benzene rings is 2. The van der Waals surface area contributed by atoms with Crippen LogP contribution in [0.4, 0.5) is 14.5 Å². The highest BCUT2D eigenvalue weighted by atomic mass is 79.9. The van der Waals surface area contributed by atoms with E-state index in [1.807, 2.05) is 0 Å². The highest BCUT2D eigenvalue weighted by Crippen LogP contribution is 2.35. The van der Waals surface area contributed by atoms with Crippen molar-refractivity contribution in [2.24, 2.45) is 0 Å². The third-order valence-electron chi connectivity index (χ3n) is 2.47. The average molecular weight is 355 g/mol. The van der Waals surface area contributed by atoms with E-state index >= 15 is 0 Å². The van der Waals surface area contributed by atoms with Gasteiger partial charge in [0.25, 0.3) is 0 Å². The maximum absolute atomic E-state index is 13.6. The lowest BCUT2D eigenvalue weighted by atomic mass is 10.2. The molecule has 2 rings (SSSR count). The van der Waals surface area contributed by atoms with Crippen LogP contribution in [-0.2, 0) is 0 Å². The maximum Gasteiger partial charge on any atom is 0.311 e. The zero-order valence-electron chi connectivity index (χ0n) is 10.1. The van der Waals surface area contributed by atoms with Gasteiger partial charge < -0.3 is 4.74 Å². The second-order valence-corrected chi connectivity index (χ2v) is 4.77. The fraction of sp³-hybridized carbons (Fsp3) is 0. The van der Waals surface area contributed by atoms with E-state index in [0.717, 1.165) is 24.3 Å². The molecule has 0 aliphatic rings. The molecular formula is C13H5BrF2N2O3. The standard InChI is InChI=1S/C13H5BrF2N2O3/c14-8-4-9(15)13(16)12(5-8)21-11-3-7(6-17)1-2-10(11)18(19)20/h1-5H. The Bertz CT molecular complexity index is 775. The van der Waals surface area contributed by atoms with Gasteiger partial charge in [0.1, 0.15) is 0 Å². The molecule has 2 aromatic rings. The first-order valence-electron chi connectivity index (χ1n) is 5.43. The molecule has 8 heteroatoms. The van der Waals surface area contributed by atoms with Crippen LogP contribution in [0.2, 0.25) is 0 Å². The summed E-state index contributed by atoms with van der Waals surface area (Å²) in [5.74, 6) is -3.33. The average Bonchev–Trinajstić information content (AvgIpc) is 2.43. The van der Waals surface area contributed by atoms with Crippen molar-refractivity contribution in [3.05, 3.63) is 62.1 Å². The zero-order chi connectivity index (χ0) is 15.6. The first-order valence-corrected chi connectivity index (χ1v) is 6.22.